The third-order valence-electron chi connectivity index (χ3n) is 4.00. The van der Waals surface area contributed by atoms with E-state index >= 15 is 0 Å². The van der Waals surface area contributed by atoms with Crippen molar-refractivity contribution in [1.29, 1.82) is 0 Å². The van der Waals surface area contributed by atoms with Gasteiger partial charge in [-0.15, -0.1) is 0 Å². The lowest BCUT2D eigenvalue weighted by molar-refractivity contribution is -0.904. The maximum absolute atomic E-state index is 12.3. The van der Waals surface area contributed by atoms with Crippen molar-refractivity contribution in [3.05, 3.63) is 28.2 Å². The Morgan fingerprint density at radius 3 is 2.67 bits per heavy atom. The van der Waals surface area contributed by atoms with Gasteiger partial charge in [-0.05, 0) is 43.9 Å². The summed E-state index contributed by atoms with van der Waals surface area (Å²) >= 11 is 3.33. The van der Waals surface area contributed by atoms with Gasteiger partial charge < -0.3 is 4.90 Å². The number of aryl methyl sites for hydroxylation is 1. The summed E-state index contributed by atoms with van der Waals surface area (Å²) in [5, 5.41) is 0. The highest BCUT2D eigenvalue weighted by Crippen LogP contribution is 2.20. The van der Waals surface area contributed by atoms with E-state index in [1.807, 2.05) is 19.1 Å². The number of hydrogen-bond donors (Lipinski definition) is 2. The molecule has 2 N–H and O–H groups in total. The topological polar surface area (TPSA) is 50.6 Å². The summed E-state index contributed by atoms with van der Waals surface area (Å²) in [6, 6.07) is 5.33. The first-order chi connectivity index (χ1) is 9.99. The van der Waals surface area contributed by atoms with Crippen LogP contribution in [0, 0.1) is 6.92 Å². The maximum Gasteiger partial charge on any atom is 0.240 e. The van der Waals surface area contributed by atoms with Crippen LogP contribution in [0.4, 0.5) is 0 Å². The first kappa shape index (κ1) is 16.9. The van der Waals surface area contributed by atoms with Crippen molar-refractivity contribution in [1.82, 2.24) is 4.72 Å². The number of quaternary nitrogens is 1. The maximum atomic E-state index is 12.3. The molecule has 0 unspecified atom stereocenters. The minimum absolute atomic E-state index is 0.363. The molecule has 2 rings (SSSR count). The van der Waals surface area contributed by atoms with E-state index in [1.54, 1.807) is 11.0 Å². The number of nitrogens with one attached hydrogen (secondary N) is 2. The quantitative estimate of drug-likeness (QED) is 0.740. The number of likely N-dealkylation sites (tertiary alicyclic amines) is 1. The first-order valence-corrected chi connectivity index (χ1v) is 9.86. The Morgan fingerprint density at radius 2 is 1.95 bits per heavy atom. The Morgan fingerprint density at radius 1 is 1.24 bits per heavy atom. The van der Waals surface area contributed by atoms with Crippen LogP contribution in [0.5, 0.6) is 0 Å². The second-order valence-electron chi connectivity index (χ2n) is 5.72. The van der Waals surface area contributed by atoms with Crippen LogP contribution < -0.4 is 9.62 Å². The highest BCUT2D eigenvalue weighted by atomic mass is 79.9. The molecule has 21 heavy (non-hydrogen) atoms. The molecule has 118 valence electrons. The lowest BCUT2D eigenvalue weighted by Gasteiger charge is -2.23. The largest absolute Gasteiger partial charge is 0.335 e. The molecule has 0 spiro atoms. The molecule has 1 aliphatic heterocycles. The van der Waals surface area contributed by atoms with Gasteiger partial charge in [-0.1, -0.05) is 22.0 Å². The summed E-state index contributed by atoms with van der Waals surface area (Å²) in [5.41, 5.74) is 0.771. The van der Waals surface area contributed by atoms with Gasteiger partial charge in [-0.2, -0.15) is 0 Å². The Hall–Kier alpha value is -0.430. The highest BCUT2D eigenvalue weighted by molar-refractivity contribution is 9.10. The second-order valence-corrected chi connectivity index (χ2v) is 8.37. The zero-order valence-corrected chi connectivity index (χ0v) is 14.9. The fourth-order valence-corrected chi connectivity index (χ4v) is 4.64. The van der Waals surface area contributed by atoms with E-state index in [0.717, 1.165) is 23.0 Å². The molecule has 0 atom stereocenters. The number of hydrogen-bond acceptors (Lipinski definition) is 2. The van der Waals surface area contributed by atoms with E-state index in [0.29, 0.717) is 11.4 Å². The van der Waals surface area contributed by atoms with Gasteiger partial charge in [0, 0.05) is 17.4 Å². The van der Waals surface area contributed by atoms with Gasteiger partial charge >= 0.3 is 0 Å². The van der Waals surface area contributed by atoms with Gasteiger partial charge in [0.2, 0.25) is 10.0 Å². The Labute approximate surface area is 136 Å². The monoisotopic (exact) mass is 375 g/mol. The summed E-state index contributed by atoms with van der Waals surface area (Å²) in [6.45, 7) is 5.85. The van der Waals surface area contributed by atoms with Crippen molar-refractivity contribution >= 4 is 26.0 Å². The van der Waals surface area contributed by atoms with Gasteiger partial charge in [-0.3, -0.25) is 0 Å². The molecule has 0 amide bonds. The molecule has 1 aromatic carbocycles. The zero-order chi connectivity index (χ0) is 15.3. The van der Waals surface area contributed by atoms with Crippen LogP contribution in [0.15, 0.2) is 27.6 Å². The minimum Gasteiger partial charge on any atom is -0.335 e. The van der Waals surface area contributed by atoms with Gasteiger partial charge in [0.15, 0.2) is 0 Å². The van der Waals surface area contributed by atoms with Crippen LogP contribution in [-0.4, -0.2) is 34.6 Å². The number of benzene rings is 1. The van der Waals surface area contributed by atoms with Crippen molar-refractivity contribution in [3.8, 4) is 0 Å². The SMILES string of the molecule is Cc1ccc(Br)cc1S(=O)(=O)NCCC[NH+]1CCCCC1. The molecule has 0 saturated carbocycles. The fourth-order valence-electron chi connectivity index (χ4n) is 2.79. The van der Waals surface area contributed by atoms with Crippen molar-refractivity contribution in [2.75, 3.05) is 26.2 Å². The van der Waals surface area contributed by atoms with Crippen LogP contribution in [0.2, 0.25) is 0 Å². The smallest absolute Gasteiger partial charge is 0.240 e. The molecule has 6 heteroatoms. The summed E-state index contributed by atoms with van der Waals surface area (Å²) in [5.74, 6) is 0. The van der Waals surface area contributed by atoms with Crippen LogP contribution in [0.3, 0.4) is 0 Å². The van der Waals surface area contributed by atoms with E-state index in [1.165, 1.54) is 32.4 Å². The average Bonchev–Trinajstić information content (AvgIpc) is 2.47. The summed E-state index contributed by atoms with van der Waals surface area (Å²) < 4.78 is 28.1. The van der Waals surface area contributed by atoms with Crippen molar-refractivity contribution in [2.45, 2.75) is 37.5 Å². The van der Waals surface area contributed by atoms with E-state index < -0.39 is 10.0 Å². The van der Waals surface area contributed by atoms with Crippen LogP contribution in [-0.2, 0) is 10.0 Å². The van der Waals surface area contributed by atoms with E-state index in [-0.39, 0.29) is 0 Å². The van der Waals surface area contributed by atoms with E-state index in [9.17, 15) is 8.42 Å². The van der Waals surface area contributed by atoms with Crippen molar-refractivity contribution in [2.24, 2.45) is 0 Å². The molecule has 1 fully saturated rings. The standard InChI is InChI=1S/C15H23BrN2O2S/c1-13-6-7-14(16)12-15(13)21(19,20)17-8-5-11-18-9-3-2-4-10-18/h6-7,12,17H,2-5,8-11H2,1H3/p+1. The second kappa shape index (κ2) is 7.72. The summed E-state index contributed by atoms with van der Waals surface area (Å²) in [7, 11) is -3.41. The molecule has 4 nitrogen and oxygen atoms in total. The predicted octanol–water partition coefficient (Wildman–Crippen LogP) is 1.49. The molecule has 0 aromatic heterocycles. The summed E-state index contributed by atoms with van der Waals surface area (Å²) in [4.78, 5) is 1.97. The van der Waals surface area contributed by atoms with E-state index in [4.69, 9.17) is 0 Å². The Bertz CT molecular complexity index is 569. The van der Waals surface area contributed by atoms with Crippen molar-refractivity contribution < 1.29 is 13.3 Å². The first-order valence-electron chi connectivity index (χ1n) is 7.58. The average molecular weight is 376 g/mol. The molecule has 0 aliphatic carbocycles. The molecular formula is C15H24BrN2O2S+. The number of sulfonamides is 1. The summed E-state index contributed by atoms with van der Waals surface area (Å²) in [6.07, 6.45) is 4.84. The van der Waals surface area contributed by atoms with E-state index in [2.05, 4.69) is 20.7 Å². The third-order valence-corrected chi connectivity index (χ3v) is 6.10. The third kappa shape index (κ3) is 5.06. The normalized spacial score (nSPS) is 17.0. The Balaban J connectivity index is 1.85. The highest BCUT2D eigenvalue weighted by Gasteiger charge is 2.17. The number of piperidine rings is 1. The lowest BCUT2D eigenvalue weighted by atomic mass is 10.1. The zero-order valence-electron chi connectivity index (χ0n) is 12.5. The van der Waals surface area contributed by atoms with Crippen molar-refractivity contribution in [3.63, 3.8) is 0 Å². The lowest BCUT2D eigenvalue weighted by Crippen LogP contribution is -3.12. The van der Waals surface area contributed by atoms with Crippen LogP contribution in [0.1, 0.15) is 31.2 Å². The molecule has 0 bridgehead atoms. The predicted molar refractivity (Wildman–Crippen MR) is 88.1 cm³/mol. The minimum atomic E-state index is -3.41. The fraction of sp³-hybridized carbons (Fsp3) is 0.600. The molecule has 1 aliphatic rings. The molecule has 1 aromatic rings. The number of rotatable bonds is 6. The van der Waals surface area contributed by atoms with Gasteiger partial charge in [0.1, 0.15) is 0 Å². The Kier molecular flexibility index (Phi) is 6.22. The molecular weight excluding hydrogens is 352 g/mol. The molecule has 1 heterocycles. The van der Waals surface area contributed by atoms with Crippen LogP contribution in [0.25, 0.3) is 0 Å². The van der Waals surface area contributed by atoms with Gasteiger partial charge in [-0.25, -0.2) is 13.1 Å². The van der Waals surface area contributed by atoms with Gasteiger partial charge in [0.25, 0.3) is 0 Å². The van der Waals surface area contributed by atoms with Crippen LogP contribution >= 0.6 is 15.9 Å². The molecule has 0 radical (unpaired) electrons. The van der Waals surface area contributed by atoms with Gasteiger partial charge in [0.05, 0.1) is 24.5 Å². The number of halogens is 1. The molecule has 1 saturated heterocycles.